The number of aromatic nitrogens is 2. The van der Waals surface area contributed by atoms with E-state index in [4.69, 9.17) is 22.9 Å². The van der Waals surface area contributed by atoms with Gasteiger partial charge in [-0.1, -0.05) is 88.4 Å². The number of imidazole rings is 1. The van der Waals surface area contributed by atoms with E-state index in [1.54, 1.807) is 74.5 Å². The fourth-order valence-corrected chi connectivity index (χ4v) is 10.7. The highest BCUT2D eigenvalue weighted by molar-refractivity contribution is 6.00. The van der Waals surface area contributed by atoms with Gasteiger partial charge in [-0.15, -0.1) is 0 Å². The number of carbonyl (C=O) groups is 12. The van der Waals surface area contributed by atoms with Gasteiger partial charge in [0.1, 0.15) is 60.4 Å². The number of carbonyl (C=O) groups excluding carboxylic acids is 12. The summed E-state index contributed by atoms with van der Waals surface area (Å²) in [6.45, 7) is 8.29. The molecule has 31 heteroatoms. The van der Waals surface area contributed by atoms with Gasteiger partial charge in [0, 0.05) is 44.2 Å². The molecule has 3 aromatic rings. The zero-order valence-electron chi connectivity index (χ0n) is 53.2. The predicted octanol–water partition coefficient (Wildman–Crippen LogP) is -3.94. The Bertz CT molecular complexity index is 3050. The first-order valence-corrected chi connectivity index (χ1v) is 31.3. The minimum Gasteiger partial charge on any atom is -0.394 e. The lowest BCUT2D eigenvalue weighted by molar-refractivity contribution is -0.143. The molecule has 2 saturated heterocycles. The van der Waals surface area contributed by atoms with E-state index in [9.17, 15) is 62.6 Å². The quantitative estimate of drug-likeness (QED) is 0.0149. The molecule has 3 heterocycles. The smallest absolute Gasteiger partial charge is 0.245 e. The molecule has 0 radical (unpaired) electrons. The molecule has 11 atom stereocenters. The summed E-state index contributed by atoms with van der Waals surface area (Å²) in [5.41, 5.74) is 24.1. The maximum atomic E-state index is 14.7. The molecule has 0 unspecified atom stereocenters. The second-order valence-electron chi connectivity index (χ2n) is 24.2. The Balaban J connectivity index is 1.27. The Morgan fingerprint density at radius 2 is 1.10 bits per heavy atom. The van der Waals surface area contributed by atoms with E-state index < -0.39 is 150 Å². The summed E-state index contributed by atoms with van der Waals surface area (Å²) in [4.78, 5) is 177. The summed E-state index contributed by atoms with van der Waals surface area (Å²) < 4.78 is 0. The van der Waals surface area contributed by atoms with Crippen LogP contribution in [0.2, 0.25) is 0 Å². The second kappa shape index (κ2) is 37.1. The zero-order chi connectivity index (χ0) is 68.3. The third-order valence-corrected chi connectivity index (χ3v) is 15.5. The maximum absolute atomic E-state index is 14.7. The molecule has 1 aromatic heterocycles. The van der Waals surface area contributed by atoms with Crippen molar-refractivity contribution in [1.29, 1.82) is 0 Å². The number of aliphatic hydroxyl groups excluding tert-OH is 1. The van der Waals surface area contributed by atoms with Crippen molar-refractivity contribution in [3.8, 4) is 0 Å². The Hall–Kier alpha value is -9.52. The molecule has 0 bridgehead atoms. The third kappa shape index (κ3) is 24.6. The van der Waals surface area contributed by atoms with Crippen molar-refractivity contribution in [2.24, 2.45) is 39.8 Å². The molecule has 20 N–H and O–H groups in total. The van der Waals surface area contributed by atoms with Crippen molar-refractivity contribution in [1.82, 2.24) is 68.0 Å². The number of nitrogens with zero attached hydrogens (tertiary/aromatic N) is 3. The molecule has 0 spiro atoms. The van der Waals surface area contributed by atoms with Crippen LogP contribution in [0.5, 0.6) is 0 Å². The minimum absolute atomic E-state index is 0.00910. The van der Waals surface area contributed by atoms with Gasteiger partial charge in [0.25, 0.3) is 0 Å². The number of hydrogen-bond acceptors (Lipinski definition) is 16. The molecule has 2 aliphatic rings. The van der Waals surface area contributed by atoms with Crippen LogP contribution in [0.4, 0.5) is 0 Å². The van der Waals surface area contributed by atoms with Gasteiger partial charge in [0.2, 0.25) is 70.9 Å². The standard InChI is InChI=1S/C62H92N18O13/c1-34(2)25-43(56(88)72-41(20-13-23-69-62(65)66)54(86)73-42(51(64)83)27-37-15-8-6-9-16-37)77-60(92)49-21-14-24-80(49)61(93)47(26-35(3)4)78-58(90)46(30-50(63)82)74-52(84)36(5)71-55(87)44(28-38-17-10-7-11-18-38)75-59(91)48(32-81)79-57(89)45(29-39-31-67-33-70-39)76-53(85)40-19-12-22-68-40/h6-11,15-18,31,33-36,40-49,68,81H,12-14,19-30,32H2,1-5H3,(H2,63,82)(H2,64,83)(H,67,70)(H,71,87)(H,72,88)(H,73,86)(H,74,84)(H,75,91)(H,76,85)(H,77,92)(H,78,90)(H,79,89)(H4,65,66,69)/t36-,40-,41-,42-,43-,44-,45-,46-,47-,48-,49-/m0/s1. The van der Waals surface area contributed by atoms with Gasteiger partial charge in [-0.25, -0.2) is 4.98 Å². The average molecular weight is 1300 g/mol. The Morgan fingerprint density at radius 3 is 1.67 bits per heavy atom. The number of nitrogens with two attached hydrogens (primary N) is 4. The molecule has 0 saturated carbocycles. The van der Waals surface area contributed by atoms with E-state index in [1.165, 1.54) is 24.3 Å². The monoisotopic (exact) mass is 1300 g/mol. The number of hydrogen-bond donors (Lipinski definition) is 16. The number of H-pyrrole nitrogens is 1. The van der Waals surface area contributed by atoms with Crippen molar-refractivity contribution < 1.29 is 62.6 Å². The summed E-state index contributed by atoms with van der Waals surface area (Å²) in [5, 5.41) is 36.9. The van der Waals surface area contributed by atoms with Crippen LogP contribution in [0.25, 0.3) is 0 Å². The summed E-state index contributed by atoms with van der Waals surface area (Å²) in [6, 6.07) is 3.14. The van der Waals surface area contributed by atoms with Crippen LogP contribution in [-0.2, 0) is 76.8 Å². The van der Waals surface area contributed by atoms with Crippen molar-refractivity contribution in [3.63, 3.8) is 0 Å². The molecule has 12 amide bonds. The van der Waals surface area contributed by atoms with Crippen molar-refractivity contribution >= 4 is 76.8 Å². The van der Waals surface area contributed by atoms with Gasteiger partial charge in [0.05, 0.1) is 25.4 Å². The average Bonchev–Trinajstić information content (AvgIpc) is 1.79. The van der Waals surface area contributed by atoms with Crippen LogP contribution in [0.1, 0.15) is 109 Å². The number of likely N-dealkylation sites (tertiary alicyclic amines) is 1. The number of nitrogens with one attached hydrogen (secondary N) is 11. The first kappa shape index (κ1) is 74.2. The van der Waals surface area contributed by atoms with Gasteiger partial charge in [-0.2, -0.15) is 0 Å². The number of primary amides is 2. The van der Waals surface area contributed by atoms with Crippen LogP contribution in [0.15, 0.2) is 78.2 Å². The molecular formula is C62H92N18O13. The fourth-order valence-electron chi connectivity index (χ4n) is 10.7. The number of guanidine groups is 1. The summed E-state index contributed by atoms with van der Waals surface area (Å²) in [7, 11) is 0. The molecule has 5 rings (SSSR count). The van der Waals surface area contributed by atoms with E-state index in [1.807, 2.05) is 13.8 Å². The molecular weight excluding hydrogens is 1200 g/mol. The van der Waals surface area contributed by atoms with Crippen LogP contribution in [0, 0.1) is 11.8 Å². The van der Waals surface area contributed by atoms with Gasteiger partial charge in [-0.05, 0) is 87.8 Å². The first-order valence-electron chi connectivity index (χ1n) is 31.3. The minimum atomic E-state index is -1.71. The van der Waals surface area contributed by atoms with Crippen molar-refractivity contribution in [3.05, 3.63) is 90.0 Å². The lowest BCUT2D eigenvalue weighted by Crippen LogP contribution is -2.61. The van der Waals surface area contributed by atoms with E-state index in [0.717, 1.165) is 6.42 Å². The lowest BCUT2D eigenvalue weighted by Gasteiger charge is -2.32. The van der Waals surface area contributed by atoms with Crippen molar-refractivity contribution in [2.75, 3.05) is 26.2 Å². The Labute approximate surface area is 539 Å². The zero-order valence-corrected chi connectivity index (χ0v) is 53.2. The van der Waals surface area contributed by atoms with Crippen molar-refractivity contribution in [2.45, 2.75) is 178 Å². The largest absolute Gasteiger partial charge is 0.394 e. The number of aromatic amines is 1. The van der Waals surface area contributed by atoms with Gasteiger partial charge >= 0.3 is 0 Å². The molecule has 2 fully saturated rings. The number of amides is 12. The summed E-state index contributed by atoms with van der Waals surface area (Å²) >= 11 is 0. The molecule has 0 aliphatic carbocycles. The molecule has 2 aromatic carbocycles. The maximum Gasteiger partial charge on any atom is 0.245 e. The third-order valence-electron chi connectivity index (χ3n) is 15.5. The predicted molar refractivity (Wildman–Crippen MR) is 340 cm³/mol. The number of benzene rings is 2. The second-order valence-corrected chi connectivity index (χ2v) is 24.2. The summed E-state index contributed by atoms with van der Waals surface area (Å²) in [5.74, 6) is -10.5. The molecule has 93 heavy (non-hydrogen) atoms. The Kier molecular flexibility index (Phi) is 29.6. The van der Waals surface area contributed by atoms with E-state index in [2.05, 4.69) is 68.1 Å². The summed E-state index contributed by atoms with van der Waals surface area (Å²) in [6.07, 6.45) is 4.08. The highest BCUT2D eigenvalue weighted by atomic mass is 16.3. The first-order chi connectivity index (χ1) is 44.2. The lowest BCUT2D eigenvalue weighted by atomic mass is 10.00. The SMILES string of the molecule is CC(C)C[C@H](NC(=O)[C@@H]1CCCN1C(=O)[C@H](CC(C)C)NC(=O)[C@H](CC(N)=O)NC(=O)[C@H](C)NC(=O)[C@H](Cc1ccccc1)NC(=O)[C@H](CO)NC(=O)[C@H](Cc1cnc[nH]1)NC(=O)[C@@H]1CCCN1)C(=O)N[C@@H](CCCN=C(N)N)C(=O)N[C@@H](Cc1ccccc1)C(N)=O. The van der Waals surface area contributed by atoms with E-state index in [0.29, 0.717) is 36.2 Å². The van der Waals surface area contributed by atoms with Crippen LogP contribution in [-0.4, -0.2) is 190 Å². The highest BCUT2D eigenvalue weighted by Gasteiger charge is 2.41. The highest BCUT2D eigenvalue weighted by Crippen LogP contribution is 2.22. The number of rotatable bonds is 37. The number of aliphatic hydroxyl groups is 1. The van der Waals surface area contributed by atoms with Gasteiger partial charge in [-0.3, -0.25) is 62.5 Å². The van der Waals surface area contributed by atoms with E-state index in [-0.39, 0.29) is 82.3 Å². The Morgan fingerprint density at radius 1 is 0.581 bits per heavy atom. The van der Waals surface area contributed by atoms with E-state index >= 15 is 0 Å². The topological polar surface area (TPSA) is 494 Å². The van der Waals surface area contributed by atoms with Crippen LogP contribution < -0.4 is 76.1 Å². The fraction of sp³-hybridized carbons (Fsp3) is 0.548. The van der Waals surface area contributed by atoms with Crippen LogP contribution >= 0.6 is 0 Å². The van der Waals surface area contributed by atoms with Crippen LogP contribution in [0.3, 0.4) is 0 Å². The van der Waals surface area contributed by atoms with Gasteiger partial charge in [0.15, 0.2) is 5.96 Å². The molecule has 508 valence electrons. The van der Waals surface area contributed by atoms with Gasteiger partial charge < -0.3 is 91.1 Å². The number of aliphatic imine (C=N–C) groups is 1. The molecule has 31 nitrogen and oxygen atoms in total. The normalized spacial score (nSPS) is 17.3. The molecule has 2 aliphatic heterocycles.